The Morgan fingerprint density at radius 3 is 2.31 bits per heavy atom. The Kier molecular flexibility index (Phi) is 9.07. The maximum atomic E-state index is 14.9. The Morgan fingerprint density at radius 1 is 0.974 bits per heavy atom. The molecule has 0 aliphatic heterocycles. The number of rotatable bonds is 9. The predicted octanol–water partition coefficient (Wildman–Crippen LogP) is 5.23. The Hall–Kier alpha value is -2.84. The van der Waals surface area contributed by atoms with Crippen LogP contribution in [0.3, 0.4) is 0 Å². The van der Waals surface area contributed by atoms with E-state index in [0.29, 0.717) is 45.1 Å². The smallest absolute Gasteiger partial charge is 0.309 e. The lowest BCUT2D eigenvalue weighted by Crippen LogP contribution is -2.46. The minimum absolute atomic E-state index is 0.0228. The van der Waals surface area contributed by atoms with Crippen molar-refractivity contribution in [2.24, 2.45) is 16.7 Å². The summed E-state index contributed by atoms with van der Waals surface area (Å²) >= 11 is 0. The van der Waals surface area contributed by atoms with Crippen molar-refractivity contribution in [2.45, 2.75) is 103 Å². The van der Waals surface area contributed by atoms with Gasteiger partial charge >= 0.3 is 5.97 Å². The monoisotopic (exact) mass is 546 g/mol. The van der Waals surface area contributed by atoms with Gasteiger partial charge in [-0.05, 0) is 69.8 Å². The molecular weight excluding hydrogens is 503 g/mol. The lowest BCUT2D eigenvalue weighted by molar-refractivity contribution is -0.150. The van der Waals surface area contributed by atoms with Gasteiger partial charge in [-0.25, -0.2) is 4.39 Å². The molecule has 3 saturated carbocycles. The number of carbonyl (C=O) groups excluding carboxylic acids is 2. The average molecular weight is 547 g/mol. The minimum atomic E-state index is -0.836. The number of carboxylic acid groups (broad SMARTS) is 1. The molecule has 2 unspecified atom stereocenters. The SMILES string of the molecule is COc1cc(F)c(OC2CCC(C)(C(=O)O)CC2)cc1C(=O)NC1CCCC1C(=O)NCC1(C)CCCCC1. The van der Waals surface area contributed by atoms with E-state index in [1.165, 1.54) is 32.4 Å². The van der Waals surface area contributed by atoms with Crippen LogP contribution in [-0.2, 0) is 9.59 Å². The molecule has 0 bridgehead atoms. The van der Waals surface area contributed by atoms with Gasteiger partial charge in [0.1, 0.15) is 5.75 Å². The molecule has 216 valence electrons. The van der Waals surface area contributed by atoms with Crippen LogP contribution in [-0.4, -0.2) is 48.7 Å². The molecule has 4 rings (SSSR count). The number of carbonyl (C=O) groups is 3. The van der Waals surface area contributed by atoms with Crippen LogP contribution in [0.4, 0.5) is 4.39 Å². The third-order valence-corrected chi connectivity index (χ3v) is 9.26. The summed E-state index contributed by atoms with van der Waals surface area (Å²) in [6.45, 7) is 4.61. The van der Waals surface area contributed by atoms with Gasteiger partial charge in [-0.3, -0.25) is 14.4 Å². The highest BCUT2D eigenvalue weighted by Gasteiger charge is 2.39. The van der Waals surface area contributed by atoms with Crippen molar-refractivity contribution in [1.82, 2.24) is 10.6 Å². The van der Waals surface area contributed by atoms with Gasteiger partial charge in [0.25, 0.3) is 5.91 Å². The number of hydrogen-bond acceptors (Lipinski definition) is 5. The fourth-order valence-electron chi connectivity index (χ4n) is 6.42. The number of benzene rings is 1. The van der Waals surface area contributed by atoms with Crippen LogP contribution in [0.1, 0.15) is 101 Å². The summed E-state index contributed by atoms with van der Waals surface area (Å²) in [5.41, 5.74) is -0.532. The zero-order chi connectivity index (χ0) is 28.2. The molecule has 9 heteroatoms. The van der Waals surface area contributed by atoms with Gasteiger partial charge in [0.05, 0.1) is 30.1 Å². The normalized spacial score (nSPS) is 28.4. The molecule has 1 aromatic rings. The number of aliphatic carboxylic acids is 1. The van der Waals surface area contributed by atoms with Gasteiger partial charge in [-0.15, -0.1) is 0 Å². The van der Waals surface area contributed by atoms with Gasteiger partial charge < -0.3 is 25.2 Å². The van der Waals surface area contributed by atoms with Crippen molar-refractivity contribution >= 4 is 17.8 Å². The van der Waals surface area contributed by atoms with E-state index in [2.05, 4.69) is 17.6 Å². The third-order valence-electron chi connectivity index (χ3n) is 9.26. The van der Waals surface area contributed by atoms with Crippen molar-refractivity contribution < 1.29 is 33.4 Å². The molecule has 0 saturated heterocycles. The number of nitrogens with one attached hydrogen (secondary N) is 2. The van der Waals surface area contributed by atoms with E-state index in [4.69, 9.17) is 9.47 Å². The number of carboxylic acids is 1. The summed E-state index contributed by atoms with van der Waals surface area (Å²) in [7, 11) is 1.37. The number of ether oxygens (including phenoxy) is 2. The van der Waals surface area contributed by atoms with Crippen LogP contribution in [0.25, 0.3) is 0 Å². The first-order valence-electron chi connectivity index (χ1n) is 14.4. The zero-order valence-corrected chi connectivity index (χ0v) is 23.4. The van der Waals surface area contributed by atoms with Crippen LogP contribution in [0.15, 0.2) is 12.1 Å². The highest BCUT2D eigenvalue weighted by Crippen LogP contribution is 2.39. The second-order valence-electron chi connectivity index (χ2n) is 12.4. The molecule has 39 heavy (non-hydrogen) atoms. The molecular formula is C30H43FN2O6. The van der Waals surface area contributed by atoms with Crippen LogP contribution in [0.5, 0.6) is 11.5 Å². The highest BCUT2D eigenvalue weighted by atomic mass is 19.1. The molecule has 3 aliphatic rings. The quantitative estimate of drug-likeness (QED) is 0.391. The maximum Gasteiger partial charge on any atom is 0.309 e. The fourth-order valence-corrected chi connectivity index (χ4v) is 6.42. The Labute approximate surface area is 230 Å². The van der Waals surface area contributed by atoms with E-state index in [1.54, 1.807) is 6.92 Å². The van der Waals surface area contributed by atoms with E-state index < -0.39 is 23.1 Å². The molecule has 3 aliphatic carbocycles. The Bertz CT molecular complexity index is 1060. The van der Waals surface area contributed by atoms with Crippen molar-refractivity contribution in [3.8, 4) is 11.5 Å². The summed E-state index contributed by atoms with van der Waals surface area (Å²) < 4.78 is 26.1. The molecule has 0 aromatic heterocycles. The molecule has 2 atom stereocenters. The lowest BCUT2D eigenvalue weighted by atomic mass is 9.75. The first-order chi connectivity index (χ1) is 18.5. The third kappa shape index (κ3) is 6.84. The van der Waals surface area contributed by atoms with Crippen molar-refractivity contribution in [3.05, 3.63) is 23.5 Å². The van der Waals surface area contributed by atoms with Crippen molar-refractivity contribution in [3.63, 3.8) is 0 Å². The molecule has 3 N–H and O–H groups in total. The molecule has 3 fully saturated rings. The van der Waals surface area contributed by atoms with E-state index >= 15 is 0 Å². The fraction of sp³-hybridized carbons (Fsp3) is 0.700. The number of amides is 2. The number of hydrogen-bond donors (Lipinski definition) is 3. The summed E-state index contributed by atoms with van der Waals surface area (Å²) in [6.07, 6.45) is 9.61. The van der Waals surface area contributed by atoms with Crippen molar-refractivity contribution in [2.75, 3.05) is 13.7 Å². The maximum absolute atomic E-state index is 14.9. The van der Waals surface area contributed by atoms with Crippen LogP contribution in [0, 0.1) is 22.6 Å². The molecule has 2 amide bonds. The molecule has 0 radical (unpaired) electrons. The second-order valence-corrected chi connectivity index (χ2v) is 12.4. The van der Waals surface area contributed by atoms with E-state index in [1.807, 2.05) is 0 Å². The first-order valence-corrected chi connectivity index (χ1v) is 14.4. The highest BCUT2D eigenvalue weighted by molar-refractivity contribution is 5.98. The van der Waals surface area contributed by atoms with Crippen LogP contribution in [0.2, 0.25) is 0 Å². The number of methoxy groups -OCH3 is 1. The Balaban J connectivity index is 1.40. The zero-order valence-electron chi connectivity index (χ0n) is 23.4. The van der Waals surface area contributed by atoms with Gasteiger partial charge in [0.15, 0.2) is 11.6 Å². The van der Waals surface area contributed by atoms with Crippen LogP contribution >= 0.6 is 0 Å². The van der Waals surface area contributed by atoms with E-state index in [9.17, 15) is 23.9 Å². The first kappa shape index (κ1) is 29.2. The van der Waals surface area contributed by atoms with E-state index in [-0.39, 0.29) is 46.4 Å². The average Bonchev–Trinajstić information content (AvgIpc) is 3.38. The number of halogens is 1. The van der Waals surface area contributed by atoms with Crippen molar-refractivity contribution in [1.29, 1.82) is 0 Å². The Morgan fingerprint density at radius 2 is 1.67 bits per heavy atom. The van der Waals surface area contributed by atoms with Gasteiger partial charge in [-0.1, -0.05) is 32.6 Å². The van der Waals surface area contributed by atoms with Crippen LogP contribution < -0.4 is 20.1 Å². The molecule has 0 heterocycles. The summed E-state index contributed by atoms with van der Waals surface area (Å²) in [5, 5.41) is 15.6. The second kappa shape index (κ2) is 12.1. The standard InChI is InChI=1S/C30H43FN2O6/c1-29(12-5-4-6-13-29)18-32-26(34)20-8-7-9-23(20)33-27(35)21-16-25(22(31)17-24(21)38-3)39-19-10-14-30(2,15-11-19)28(36)37/h16-17,19-20,23H,4-15,18H2,1-3H3,(H,32,34)(H,33,35)(H,36,37). The van der Waals surface area contributed by atoms with Gasteiger partial charge in [-0.2, -0.15) is 0 Å². The lowest BCUT2D eigenvalue weighted by Gasteiger charge is -2.34. The minimum Gasteiger partial charge on any atom is -0.496 e. The molecule has 0 spiro atoms. The van der Waals surface area contributed by atoms with Gasteiger partial charge in [0.2, 0.25) is 5.91 Å². The molecule has 8 nitrogen and oxygen atoms in total. The topological polar surface area (TPSA) is 114 Å². The van der Waals surface area contributed by atoms with Gasteiger partial charge in [0, 0.05) is 18.7 Å². The summed E-state index contributed by atoms with van der Waals surface area (Å²) in [6, 6.07) is 2.17. The molecule has 1 aromatic carbocycles. The summed E-state index contributed by atoms with van der Waals surface area (Å²) in [4.78, 5) is 38.0. The van der Waals surface area contributed by atoms with E-state index in [0.717, 1.165) is 25.3 Å². The largest absolute Gasteiger partial charge is 0.496 e. The predicted molar refractivity (Wildman–Crippen MR) is 144 cm³/mol. The summed E-state index contributed by atoms with van der Waals surface area (Å²) in [5.74, 6) is -2.24.